The first-order valence-corrected chi connectivity index (χ1v) is 3.02. The molecule has 0 aliphatic rings. The molecule has 0 amide bonds. The van der Waals surface area contributed by atoms with Gasteiger partial charge in [-0.25, -0.2) is 0 Å². The van der Waals surface area contributed by atoms with Crippen molar-refractivity contribution in [3.05, 3.63) is 22.4 Å². The van der Waals surface area contributed by atoms with Gasteiger partial charge in [-0.3, -0.25) is 0 Å². The van der Waals surface area contributed by atoms with Gasteiger partial charge in [0, 0.05) is 4.88 Å². The fourth-order valence-electron chi connectivity index (χ4n) is 0.422. The van der Waals surface area contributed by atoms with Crippen molar-refractivity contribution >= 4 is 17.6 Å². The minimum Gasteiger partial charge on any atom is -0.411 e. The Kier molecular flexibility index (Phi) is 3.66. The third-order valence-corrected chi connectivity index (χ3v) is 1.54. The highest BCUT2D eigenvalue weighted by Gasteiger charge is 1.82. The predicted molar refractivity (Wildman–Crippen MR) is 38.7 cm³/mol. The molecule has 0 fully saturated rings. The fourth-order valence-corrected chi connectivity index (χ4v) is 1.00. The van der Waals surface area contributed by atoms with E-state index in [9.17, 15) is 0 Å². The minimum atomic E-state index is 0. The van der Waals surface area contributed by atoms with E-state index < -0.39 is 0 Å². The average Bonchev–Trinajstić information content (AvgIpc) is 2.19. The first-order valence-electron chi connectivity index (χ1n) is 2.14. The summed E-state index contributed by atoms with van der Waals surface area (Å²) in [5, 5.41) is 12.8. The molecule has 1 aromatic heterocycles. The maximum Gasteiger partial charge on any atom is 0.0833 e. The second-order valence-corrected chi connectivity index (χ2v) is 2.24. The molecule has 0 saturated heterocycles. The zero-order valence-electron chi connectivity index (χ0n) is 4.82. The van der Waals surface area contributed by atoms with E-state index in [-0.39, 0.29) is 6.15 Å². The summed E-state index contributed by atoms with van der Waals surface area (Å²) < 4.78 is 0. The third-order valence-electron chi connectivity index (χ3n) is 0.728. The van der Waals surface area contributed by atoms with Gasteiger partial charge in [0.1, 0.15) is 0 Å². The second kappa shape index (κ2) is 4.05. The van der Waals surface area contributed by atoms with Crippen LogP contribution >= 0.6 is 11.3 Å². The van der Waals surface area contributed by atoms with Gasteiger partial charge >= 0.3 is 0 Å². The number of hydrogen-bond acceptors (Lipinski definition) is 4. The van der Waals surface area contributed by atoms with Crippen LogP contribution in [0.5, 0.6) is 0 Å². The number of nitrogens with zero attached hydrogens (tertiary/aromatic N) is 1. The molecule has 0 saturated carbocycles. The van der Waals surface area contributed by atoms with E-state index in [2.05, 4.69) is 5.16 Å². The highest BCUT2D eigenvalue weighted by molar-refractivity contribution is 7.11. The van der Waals surface area contributed by atoms with Gasteiger partial charge in [0.25, 0.3) is 0 Å². The zero-order chi connectivity index (χ0) is 5.82. The minimum absolute atomic E-state index is 0. The molecule has 0 spiro atoms. The van der Waals surface area contributed by atoms with Crippen LogP contribution in [-0.4, -0.2) is 11.4 Å². The third kappa shape index (κ3) is 2.25. The molecule has 1 heterocycles. The number of oxime groups is 1. The molecule has 0 aromatic carbocycles. The van der Waals surface area contributed by atoms with Crippen LogP contribution in [0, 0.1) is 0 Å². The fraction of sp³-hybridized carbons (Fsp3) is 0. The van der Waals surface area contributed by atoms with Crippen molar-refractivity contribution in [3.63, 3.8) is 0 Å². The van der Waals surface area contributed by atoms with Crippen LogP contribution in [0.3, 0.4) is 0 Å². The maximum absolute atomic E-state index is 8.01. The molecule has 0 atom stereocenters. The Bertz CT molecular complexity index is 171. The number of thiophene rings is 1. The Balaban J connectivity index is 0.000000640. The lowest BCUT2D eigenvalue weighted by atomic mass is 10.5. The van der Waals surface area contributed by atoms with Crippen molar-refractivity contribution in [2.75, 3.05) is 0 Å². The van der Waals surface area contributed by atoms with E-state index in [1.807, 2.05) is 17.5 Å². The summed E-state index contributed by atoms with van der Waals surface area (Å²) in [5.41, 5.74) is 0. The molecule has 0 unspecified atom stereocenters. The first kappa shape index (κ1) is 8.13. The zero-order valence-corrected chi connectivity index (χ0v) is 5.64. The standard InChI is InChI=1S/C5H5NOS.H3N/c7-6-4-5-2-1-3-8-5;/h1-4,7H;1H3/b6-4+;. The molecular weight excluding hydrogens is 136 g/mol. The van der Waals surface area contributed by atoms with Crippen molar-refractivity contribution in [3.8, 4) is 0 Å². The van der Waals surface area contributed by atoms with Crippen LogP contribution in [0.1, 0.15) is 4.88 Å². The average molecular weight is 144 g/mol. The van der Waals surface area contributed by atoms with Gasteiger partial charge in [-0.2, -0.15) is 0 Å². The molecule has 0 aliphatic carbocycles. The summed E-state index contributed by atoms with van der Waals surface area (Å²) in [6.07, 6.45) is 1.41. The Labute approximate surface area is 57.2 Å². The Morgan fingerprint density at radius 2 is 2.44 bits per heavy atom. The summed E-state index contributed by atoms with van der Waals surface area (Å²) in [5.74, 6) is 0. The van der Waals surface area contributed by atoms with Crippen LogP contribution in [0.25, 0.3) is 0 Å². The topological polar surface area (TPSA) is 67.6 Å². The van der Waals surface area contributed by atoms with Crippen LogP contribution in [-0.2, 0) is 0 Å². The molecular formula is C5H8N2OS. The lowest BCUT2D eigenvalue weighted by molar-refractivity contribution is 0.322. The van der Waals surface area contributed by atoms with E-state index in [1.165, 1.54) is 17.6 Å². The van der Waals surface area contributed by atoms with Gasteiger partial charge in [-0.15, -0.1) is 11.3 Å². The van der Waals surface area contributed by atoms with Gasteiger partial charge in [0.05, 0.1) is 6.21 Å². The Morgan fingerprint density at radius 3 is 2.89 bits per heavy atom. The van der Waals surface area contributed by atoms with Crippen LogP contribution in [0.4, 0.5) is 0 Å². The van der Waals surface area contributed by atoms with Gasteiger partial charge in [-0.05, 0) is 11.4 Å². The molecule has 9 heavy (non-hydrogen) atoms. The Morgan fingerprint density at radius 1 is 1.67 bits per heavy atom. The van der Waals surface area contributed by atoms with Crippen molar-refractivity contribution < 1.29 is 5.21 Å². The molecule has 4 N–H and O–H groups in total. The van der Waals surface area contributed by atoms with Crippen molar-refractivity contribution in [2.45, 2.75) is 0 Å². The van der Waals surface area contributed by atoms with Gasteiger partial charge in [0.2, 0.25) is 0 Å². The van der Waals surface area contributed by atoms with Gasteiger partial charge in [-0.1, -0.05) is 11.2 Å². The summed E-state index contributed by atoms with van der Waals surface area (Å²) in [4.78, 5) is 0.965. The smallest absolute Gasteiger partial charge is 0.0833 e. The summed E-state index contributed by atoms with van der Waals surface area (Å²) in [7, 11) is 0. The molecule has 1 rings (SSSR count). The molecule has 4 heteroatoms. The lowest BCUT2D eigenvalue weighted by Crippen LogP contribution is -1.67. The van der Waals surface area contributed by atoms with E-state index in [4.69, 9.17) is 5.21 Å². The molecule has 3 nitrogen and oxygen atoms in total. The summed E-state index contributed by atoms with van der Waals surface area (Å²) >= 11 is 1.54. The summed E-state index contributed by atoms with van der Waals surface area (Å²) in [6.45, 7) is 0. The van der Waals surface area contributed by atoms with E-state index in [1.54, 1.807) is 0 Å². The SMILES string of the molecule is N.O/N=C/c1cccs1. The van der Waals surface area contributed by atoms with Crippen LogP contribution in [0.15, 0.2) is 22.7 Å². The van der Waals surface area contributed by atoms with Gasteiger partial charge < -0.3 is 11.4 Å². The Hall–Kier alpha value is -0.870. The molecule has 1 aromatic rings. The molecule has 50 valence electrons. The quantitative estimate of drug-likeness (QED) is 0.358. The number of rotatable bonds is 1. The van der Waals surface area contributed by atoms with Crippen molar-refractivity contribution in [1.82, 2.24) is 6.15 Å². The predicted octanol–water partition coefficient (Wildman–Crippen LogP) is 1.72. The second-order valence-electron chi connectivity index (χ2n) is 1.26. The van der Waals surface area contributed by atoms with Crippen LogP contribution in [0.2, 0.25) is 0 Å². The highest BCUT2D eigenvalue weighted by Crippen LogP contribution is 2.03. The van der Waals surface area contributed by atoms with E-state index in [0.29, 0.717) is 0 Å². The van der Waals surface area contributed by atoms with Crippen molar-refractivity contribution in [1.29, 1.82) is 0 Å². The molecule has 0 aliphatic heterocycles. The molecule has 0 radical (unpaired) electrons. The van der Waals surface area contributed by atoms with Crippen molar-refractivity contribution in [2.24, 2.45) is 5.16 Å². The van der Waals surface area contributed by atoms with Gasteiger partial charge in [0.15, 0.2) is 0 Å². The largest absolute Gasteiger partial charge is 0.411 e. The van der Waals surface area contributed by atoms with Crippen LogP contribution < -0.4 is 6.15 Å². The molecule has 0 bridgehead atoms. The highest BCUT2D eigenvalue weighted by atomic mass is 32.1. The maximum atomic E-state index is 8.01. The number of hydrogen-bond donors (Lipinski definition) is 2. The monoisotopic (exact) mass is 144 g/mol. The van der Waals surface area contributed by atoms with E-state index in [0.717, 1.165) is 4.88 Å². The van der Waals surface area contributed by atoms with E-state index >= 15 is 0 Å². The summed E-state index contributed by atoms with van der Waals surface area (Å²) in [6, 6.07) is 3.78. The lowest BCUT2D eigenvalue weighted by Gasteiger charge is -1.73. The normalized spacial score (nSPS) is 9.33. The first-order chi connectivity index (χ1) is 3.93.